The molecule has 1 saturated carbocycles. The average molecular weight is 430 g/mol. The molecular weight excluding hydrogens is 402 g/mol. The molecule has 0 saturated heterocycles. The first-order chi connectivity index (χ1) is 15.3. The minimum Gasteiger partial charge on any atom is -0.497 e. The normalized spacial score (nSPS) is 13.9. The van der Waals surface area contributed by atoms with Gasteiger partial charge in [0, 0.05) is 25.2 Å². The molecule has 2 amide bonds. The van der Waals surface area contributed by atoms with Crippen molar-refractivity contribution in [1.29, 1.82) is 0 Å². The Morgan fingerprint density at radius 2 is 1.62 bits per heavy atom. The third-order valence-electron chi connectivity index (χ3n) is 5.98. The fourth-order valence-corrected chi connectivity index (χ4v) is 3.84. The predicted octanol–water partition coefficient (Wildman–Crippen LogP) is 4.44. The van der Waals surface area contributed by atoms with Crippen molar-refractivity contribution in [3.05, 3.63) is 77.4 Å². The van der Waals surface area contributed by atoms with Crippen LogP contribution in [0.15, 0.2) is 60.7 Å². The summed E-state index contributed by atoms with van der Waals surface area (Å²) in [5.41, 5.74) is 3.77. The third-order valence-corrected chi connectivity index (χ3v) is 5.98. The first-order valence-corrected chi connectivity index (χ1v) is 10.6. The highest BCUT2D eigenvalue weighted by molar-refractivity contribution is 6.01. The van der Waals surface area contributed by atoms with E-state index in [9.17, 15) is 9.59 Å². The molecule has 2 aromatic carbocycles. The Morgan fingerprint density at radius 3 is 2.19 bits per heavy atom. The SMILES string of the molecule is COc1ccc(C2(C(=O)Nc3ccc(C)c(-c4ccc(C(=O)N(C)C)cc4)n3)CC2)cc1. The zero-order chi connectivity index (χ0) is 22.9. The fraction of sp³-hybridized carbons (Fsp3) is 0.269. The lowest BCUT2D eigenvalue weighted by atomic mass is 9.95. The van der Waals surface area contributed by atoms with E-state index in [2.05, 4.69) is 5.32 Å². The summed E-state index contributed by atoms with van der Waals surface area (Å²) in [5, 5.41) is 3.01. The highest BCUT2D eigenvalue weighted by atomic mass is 16.5. The van der Waals surface area contributed by atoms with E-state index >= 15 is 0 Å². The smallest absolute Gasteiger partial charge is 0.253 e. The quantitative estimate of drug-likeness (QED) is 0.629. The van der Waals surface area contributed by atoms with Gasteiger partial charge in [-0.2, -0.15) is 0 Å². The van der Waals surface area contributed by atoms with Crippen LogP contribution < -0.4 is 10.1 Å². The van der Waals surface area contributed by atoms with Gasteiger partial charge < -0.3 is 15.0 Å². The molecule has 0 unspecified atom stereocenters. The van der Waals surface area contributed by atoms with Gasteiger partial charge >= 0.3 is 0 Å². The van der Waals surface area contributed by atoms with Crippen LogP contribution in [0.3, 0.4) is 0 Å². The third kappa shape index (κ3) is 4.08. The average Bonchev–Trinajstić information content (AvgIpc) is 3.62. The zero-order valence-electron chi connectivity index (χ0n) is 18.8. The number of pyridine rings is 1. The van der Waals surface area contributed by atoms with Crippen LogP contribution in [0.2, 0.25) is 0 Å². The number of carbonyl (C=O) groups excluding carboxylic acids is 2. The molecule has 0 atom stereocenters. The Kier molecular flexibility index (Phi) is 5.70. The molecule has 1 N–H and O–H groups in total. The number of carbonyl (C=O) groups is 2. The second-order valence-corrected chi connectivity index (χ2v) is 8.40. The van der Waals surface area contributed by atoms with Crippen LogP contribution in [0, 0.1) is 6.92 Å². The minimum absolute atomic E-state index is 0.0445. The zero-order valence-corrected chi connectivity index (χ0v) is 18.8. The predicted molar refractivity (Wildman–Crippen MR) is 125 cm³/mol. The van der Waals surface area contributed by atoms with Gasteiger partial charge in [-0.25, -0.2) is 4.98 Å². The largest absolute Gasteiger partial charge is 0.497 e. The van der Waals surface area contributed by atoms with Crippen LogP contribution in [0.1, 0.15) is 34.3 Å². The van der Waals surface area contributed by atoms with Crippen molar-refractivity contribution in [2.24, 2.45) is 0 Å². The van der Waals surface area contributed by atoms with Crippen molar-refractivity contribution in [2.45, 2.75) is 25.2 Å². The molecule has 0 radical (unpaired) electrons. The summed E-state index contributed by atoms with van der Waals surface area (Å²) >= 11 is 0. The van der Waals surface area contributed by atoms with Gasteiger partial charge in [0.15, 0.2) is 0 Å². The van der Waals surface area contributed by atoms with Crippen LogP contribution in [0.4, 0.5) is 5.82 Å². The summed E-state index contributed by atoms with van der Waals surface area (Å²) in [4.78, 5) is 31.5. The number of rotatable bonds is 6. The molecule has 0 spiro atoms. The number of aryl methyl sites for hydroxylation is 1. The number of hydrogen-bond acceptors (Lipinski definition) is 4. The molecule has 0 bridgehead atoms. The van der Waals surface area contributed by atoms with E-state index in [1.165, 1.54) is 0 Å². The van der Waals surface area contributed by atoms with E-state index in [0.29, 0.717) is 11.4 Å². The molecule has 3 aromatic rings. The monoisotopic (exact) mass is 429 g/mol. The topological polar surface area (TPSA) is 71.5 Å². The van der Waals surface area contributed by atoms with E-state index in [0.717, 1.165) is 41.0 Å². The Balaban J connectivity index is 1.55. The van der Waals surface area contributed by atoms with Gasteiger partial charge in [0.1, 0.15) is 11.6 Å². The maximum atomic E-state index is 13.1. The molecule has 6 nitrogen and oxygen atoms in total. The molecule has 1 heterocycles. The van der Waals surface area contributed by atoms with Crippen molar-refractivity contribution in [3.63, 3.8) is 0 Å². The van der Waals surface area contributed by atoms with Gasteiger partial charge in [-0.15, -0.1) is 0 Å². The maximum absolute atomic E-state index is 13.1. The van der Waals surface area contributed by atoms with Crippen molar-refractivity contribution in [3.8, 4) is 17.0 Å². The van der Waals surface area contributed by atoms with Crippen molar-refractivity contribution >= 4 is 17.6 Å². The molecule has 1 fully saturated rings. The molecule has 4 rings (SSSR count). The number of benzene rings is 2. The van der Waals surface area contributed by atoms with Gasteiger partial charge in [-0.05, 0) is 61.2 Å². The number of hydrogen-bond donors (Lipinski definition) is 1. The number of nitrogens with zero attached hydrogens (tertiary/aromatic N) is 2. The number of aromatic nitrogens is 1. The van der Waals surface area contributed by atoms with Crippen LogP contribution >= 0.6 is 0 Å². The number of nitrogens with one attached hydrogen (secondary N) is 1. The maximum Gasteiger partial charge on any atom is 0.253 e. The van der Waals surface area contributed by atoms with E-state index < -0.39 is 5.41 Å². The van der Waals surface area contributed by atoms with Crippen LogP contribution in [-0.4, -0.2) is 42.9 Å². The summed E-state index contributed by atoms with van der Waals surface area (Å²) in [5.74, 6) is 1.20. The Bertz CT molecular complexity index is 1150. The molecule has 1 aliphatic rings. The van der Waals surface area contributed by atoms with Gasteiger partial charge in [-0.1, -0.05) is 30.3 Å². The number of amides is 2. The highest BCUT2D eigenvalue weighted by Gasteiger charge is 2.51. The molecule has 1 aliphatic carbocycles. The molecule has 164 valence electrons. The lowest BCUT2D eigenvalue weighted by molar-refractivity contribution is -0.118. The summed E-state index contributed by atoms with van der Waals surface area (Å²) in [7, 11) is 5.09. The number of methoxy groups -OCH3 is 1. The van der Waals surface area contributed by atoms with Crippen LogP contribution in [0.25, 0.3) is 11.3 Å². The first kappa shape index (κ1) is 21.6. The van der Waals surface area contributed by atoms with Crippen molar-refractivity contribution in [2.75, 3.05) is 26.5 Å². The molecular formula is C26H27N3O3. The van der Waals surface area contributed by atoms with E-state index in [1.807, 2.05) is 55.5 Å². The number of anilines is 1. The minimum atomic E-state index is -0.507. The van der Waals surface area contributed by atoms with Gasteiger partial charge in [0.05, 0.1) is 18.2 Å². The van der Waals surface area contributed by atoms with E-state index in [-0.39, 0.29) is 11.8 Å². The van der Waals surface area contributed by atoms with Gasteiger partial charge in [0.25, 0.3) is 5.91 Å². The fourth-order valence-electron chi connectivity index (χ4n) is 3.84. The van der Waals surface area contributed by atoms with Crippen LogP contribution in [-0.2, 0) is 10.2 Å². The second-order valence-electron chi connectivity index (χ2n) is 8.40. The summed E-state index contributed by atoms with van der Waals surface area (Å²) in [6.07, 6.45) is 1.62. The summed E-state index contributed by atoms with van der Waals surface area (Å²) in [6, 6.07) is 18.8. The Morgan fingerprint density at radius 1 is 0.969 bits per heavy atom. The Labute approximate surface area is 188 Å². The van der Waals surface area contributed by atoms with Gasteiger partial charge in [-0.3, -0.25) is 9.59 Å². The molecule has 1 aromatic heterocycles. The van der Waals surface area contributed by atoms with Crippen LogP contribution in [0.5, 0.6) is 5.75 Å². The van der Waals surface area contributed by atoms with Gasteiger partial charge in [0.2, 0.25) is 5.91 Å². The first-order valence-electron chi connectivity index (χ1n) is 10.6. The highest BCUT2D eigenvalue weighted by Crippen LogP contribution is 2.49. The standard InChI is InChI=1S/C26H27N3O3/c1-17-5-14-22(27-23(17)18-6-8-19(9-7-18)24(30)29(2)3)28-25(31)26(15-16-26)20-10-12-21(32-4)13-11-20/h5-14H,15-16H2,1-4H3,(H,27,28,31). The molecule has 0 aliphatic heterocycles. The lowest BCUT2D eigenvalue weighted by Gasteiger charge is -2.17. The van der Waals surface area contributed by atoms with Crippen molar-refractivity contribution < 1.29 is 14.3 Å². The van der Waals surface area contributed by atoms with E-state index in [4.69, 9.17) is 9.72 Å². The number of ether oxygens (including phenoxy) is 1. The van der Waals surface area contributed by atoms with Crippen molar-refractivity contribution in [1.82, 2.24) is 9.88 Å². The summed E-state index contributed by atoms with van der Waals surface area (Å²) < 4.78 is 5.23. The molecule has 32 heavy (non-hydrogen) atoms. The molecule has 6 heteroatoms. The van der Waals surface area contributed by atoms with E-state index in [1.54, 1.807) is 38.2 Å². The summed E-state index contributed by atoms with van der Waals surface area (Å²) in [6.45, 7) is 1.98. The Hall–Kier alpha value is -3.67. The lowest BCUT2D eigenvalue weighted by Crippen LogP contribution is -2.28. The second kappa shape index (κ2) is 8.46.